The van der Waals surface area contributed by atoms with Gasteiger partial charge in [-0.15, -0.1) is 0 Å². The van der Waals surface area contributed by atoms with Gasteiger partial charge in [0.15, 0.2) is 6.08 Å². The quantitative estimate of drug-likeness (QED) is 0.0154. The monoisotopic (exact) mass is 828 g/mol. The lowest BCUT2D eigenvalue weighted by atomic mass is 9.85. The maximum absolute atomic E-state index is 13.1. The van der Waals surface area contributed by atoms with Gasteiger partial charge in [0, 0.05) is 12.8 Å². The summed E-state index contributed by atoms with van der Waals surface area (Å²) >= 11 is 0. The summed E-state index contributed by atoms with van der Waals surface area (Å²) in [5.74, 6) is -2.50. The van der Waals surface area contributed by atoms with Crippen LogP contribution in [-0.2, 0) is 32.7 Å². The number of carbonyl (C=O) groups is 2. The third-order valence-corrected chi connectivity index (χ3v) is 10.8. The SMILES string of the molecule is [2H]C([2H])(OC(=O)CCCCCCCCCCCCCCCC)[C@@]([2H])(OC(=O)CCCCCCC/C=C\CCCCCC)C([2H])([2H])OP(=O)(O)OC1[C@H](O)[C@H](O)C(O)[C@H](O)[C@H]1O. The molecule has 6 N–H and O–H groups in total. The molecule has 1 aliphatic carbocycles. The van der Waals surface area contributed by atoms with Crippen LogP contribution in [0.4, 0.5) is 0 Å². The van der Waals surface area contributed by atoms with Gasteiger partial charge >= 0.3 is 19.8 Å². The summed E-state index contributed by atoms with van der Waals surface area (Å²) in [4.78, 5) is 36.4. The van der Waals surface area contributed by atoms with Gasteiger partial charge in [-0.1, -0.05) is 148 Å². The summed E-state index contributed by atoms with van der Waals surface area (Å²) in [6, 6.07) is 0. The van der Waals surface area contributed by atoms with Crippen LogP contribution in [0, 0.1) is 0 Å². The number of phosphoric acid groups is 1. The minimum Gasteiger partial charge on any atom is -0.462 e. The highest BCUT2D eigenvalue weighted by Gasteiger charge is 2.51. The summed E-state index contributed by atoms with van der Waals surface area (Å²) in [5, 5.41) is 50.3. The number of hydrogen-bond donors (Lipinski definition) is 6. The van der Waals surface area contributed by atoms with Crippen molar-refractivity contribution in [3.63, 3.8) is 0 Å². The van der Waals surface area contributed by atoms with Crippen molar-refractivity contribution in [3.8, 4) is 0 Å². The largest absolute Gasteiger partial charge is 0.472 e. The summed E-state index contributed by atoms with van der Waals surface area (Å²) in [6.07, 6.45) is 11.0. The number of hydrogen-bond acceptors (Lipinski definition) is 12. The lowest BCUT2D eigenvalue weighted by Crippen LogP contribution is -2.64. The normalized spacial score (nSPS) is 25.3. The van der Waals surface area contributed by atoms with Gasteiger partial charge in [0.1, 0.15) is 43.2 Å². The average molecular weight is 828 g/mol. The van der Waals surface area contributed by atoms with E-state index in [1.807, 2.05) is 0 Å². The van der Waals surface area contributed by atoms with Gasteiger partial charge in [-0.2, -0.15) is 0 Å². The van der Waals surface area contributed by atoms with Crippen LogP contribution in [0.3, 0.4) is 0 Å². The number of carbonyl (C=O) groups excluding carboxylic acids is 2. The fourth-order valence-electron chi connectivity index (χ4n) is 6.43. The zero-order valence-corrected chi connectivity index (χ0v) is 35.1. The molecule has 1 rings (SSSR count). The number of ether oxygens (including phenoxy) is 2. The first-order valence-electron chi connectivity index (χ1n) is 24.0. The molecule has 13 nitrogen and oxygen atoms in total. The van der Waals surface area contributed by atoms with Crippen LogP contribution in [0.1, 0.15) is 194 Å². The van der Waals surface area contributed by atoms with E-state index >= 15 is 0 Å². The van der Waals surface area contributed by atoms with Crippen molar-refractivity contribution < 1.29 is 70.0 Å². The third-order valence-electron chi connectivity index (χ3n) is 9.93. The van der Waals surface area contributed by atoms with E-state index in [0.29, 0.717) is 12.8 Å². The zero-order valence-electron chi connectivity index (χ0n) is 39.2. The van der Waals surface area contributed by atoms with E-state index in [1.54, 1.807) is 0 Å². The van der Waals surface area contributed by atoms with Gasteiger partial charge in [0.25, 0.3) is 0 Å². The highest BCUT2D eigenvalue weighted by atomic mass is 31.2. The van der Waals surface area contributed by atoms with Crippen molar-refractivity contribution in [2.24, 2.45) is 0 Å². The number of esters is 2. The Labute approximate surface area is 344 Å². The fourth-order valence-corrected chi connectivity index (χ4v) is 7.23. The summed E-state index contributed by atoms with van der Waals surface area (Å²) in [7, 11) is -5.99. The molecule has 0 spiro atoms. The molecule has 0 amide bonds. The van der Waals surface area contributed by atoms with E-state index in [-0.39, 0.29) is 19.3 Å². The molecule has 0 saturated heterocycles. The van der Waals surface area contributed by atoms with Crippen molar-refractivity contribution in [2.75, 3.05) is 13.1 Å². The molecule has 1 saturated carbocycles. The Hall–Kier alpha value is -1.41. The second-order valence-corrected chi connectivity index (χ2v) is 16.4. The van der Waals surface area contributed by atoms with Crippen molar-refractivity contribution in [1.29, 1.82) is 0 Å². The van der Waals surface area contributed by atoms with Gasteiger partial charge in [0.2, 0.25) is 0 Å². The van der Waals surface area contributed by atoms with Gasteiger partial charge in [-0.3, -0.25) is 18.6 Å². The molecular formula is C42H79O13P. The van der Waals surface area contributed by atoms with Crippen LogP contribution in [0.15, 0.2) is 12.2 Å². The number of phosphoric ester groups is 1. The molecule has 0 aromatic rings. The Kier molecular flexibility index (Phi) is 26.4. The van der Waals surface area contributed by atoms with E-state index in [0.717, 1.165) is 57.8 Å². The van der Waals surface area contributed by atoms with Crippen LogP contribution >= 0.6 is 7.82 Å². The maximum Gasteiger partial charge on any atom is 0.472 e. The third kappa shape index (κ3) is 25.8. The van der Waals surface area contributed by atoms with Crippen LogP contribution in [0.2, 0.25) is 0 Å². The van der Waals surface area contributed by atoms with Gasteiger partial charge in [-0.05, 0) is 38.5 Å². The molecule has 3 unspecified atom stereocenters. The van der Waals surface area contributed by atoms with E-state index in [2.05, 4.69) is 35.0 Å². The van der Waals surface area contributed by atoms with E-state index in [4.69, 9.17) is 16.3 Å². The molecular weight excluding hydrogens is 743 g/mol. The van der Waals surface area contributed by atoms with Crippen LogP contribution in [0.25, 0.3) is 0 Å². The Morgan fingerprint density at radius 2 is 0.964 bits per heavy atom. The average Bonchev–Trinajstić information content (AvgIpc) is 3.19. The minimum atomic E-state index is -5.99. The summed E-state index contributed by atoms with van der Waals surface area (Å²) in [6.45, 7) is -3.60. The van der Waals surface area contributed by atoms with Crippen LogP contribution < -0.4 is 0 Å². The van der Waals surface area contributed by atoms with Crippen LogP contribution in [-0.4, -0.2) is 98.2 Å². The van der Waals surface area contributed by atoms with Crippen LogP contribution in [0.5, 0.6) is 0 Å². The van der Waals surface area contributed by atoms with Crippen molar-refractivity contribution in [2.45, 2.75) is 230 Å². The fraction of sp³-hybridized carbons (Fsp3) is 0.905. The molecule has 330 valence electrons. The second-order valence-electron chi connectivity index (χ2n) is 15.0. The van der Waals surface area contributed by atoms with Gasteiger partial charge in [0.05, 0.1) is 13.4 Å². The molecule has 8 atom stereocenters. The molecule has 1 aliphatic rings. The first-order valence-corrected chi connectivity index (χ1v) is 23.0. The first kappa shape index (κ1) is 44.2. The Morgan fingerprint density at radius 1 is 0.589 bits per heavy atom. The molecule has 0 aromatic carbocycles. The Morgan fingerprint density at radius 3 is 1.43 bits per heavy atom. The summed E-state index contributed by atoms with van der Waals surface area (Å²) < 4.78 is 74.7. The molecule has 0 heterocycles. The standard InChI is InChI=1S/C42H79O13P/c1-3-5-7-9-11-13-15-17-19-20-22-24-26-28-30-35(43)52-32-34(33-53-56(50,51)55-42-40(48)38(46)37(45)39(47)41(42)49)54-36(44)31-29-27-25-23-21-18-16-14-12-10-8-6-4-2/h14,16,34,37-42,45-49H,3-13,15,17-33H2,1-2H3,(H,50,51)/b16-14-/t34-,37?,38-,39+,40-,41-,42?/m1/s1/i32D2,33D2,34D. The molecule has 1 fully saturated rings. The topological polar surface area (TPSA) is 210 Å². The summed E-state index contributed by atoms with van der Waals surface area (Å²) in [5.41, 5.74) is 0. The van der Waals surface area contributed by atoms with Gasteiger partial charge in [-0.25, -0.2) is 4.57 Å². The van der Waals surface area contributed by atoms with Crippen molar-refractivity contribution >= 4 is 19.8 Å². The maximum atomic E-state index is 13.1. The predicted molar refractivity (Wildman–Crippen MR) is 217 cm³/mol. The number of unbranched alkanes of at least 4 members (excludes halogenated alkanes) is 22. The lowest BCUT2D eigenvalue weighted by Gasteiger charge is -2.41. The van der Waals surface area contributed by atoms with Crippen molar-refractivity contribution in [1.82, 2.24) is 0 Å². The number of aliphatic hydroxyl groups excluding tert-OH is 5. The number of rotatable bonds is 36. The lowest BCUT2D eigenvalue weighted by molar-refractivity contribution is -0.220. The Bertz CT molecular complexity index is 1270. The second kappa shape index (κ2) is 33.4. The van der Waals surface area contributed by atoms with Crippen molar-refractivity contribution in [3.05, 3.63) is 12.2 Å². The minimum absolute atomic E-state index is 0.212. The molecule has 14 heteroatoms. The molecule has 0 aliphatic heterocycles. The van der Waals surface area contributed by atoms with E-state index < -0.39 is 82.0 Å². The zero-order chi connectivity index (χ0) is 46.0. The predicted octanol–water partition coefficient (Wildman–Crippen LogP) is 7.89. The molecule has 0 radical (unpaired) electrons. The van der Waals surface area contributed by atoms with E-state index in [9.17, 15) is 44.6 Å². The molecule has 0 aromatic heterocycles. The number of aliphatic hydroxyl groups is 5. The smallest absolute Gasteiger partial charge is 0.462 e. The Balaban J connectivity index is 2.87. The highest BCUT2D eigenvalue weighted by Crippen LogP contribution is 2.47. The molecule has 56 heavy (non-hydrogen) atoms. The highest BCUT2D eigenvalue weighted by molar-refractivity contribution is 7.47. The van der Waals surface area contributed by atoms with E-state index in [1.165, 1.54) is 77.0 Å². The molecule has 0 bridgehead atoms. The van der Waals surface area contributed by atoms with Gasteiger partial charge < -0.3 is 39.9 Å². The number of allylic oxidation sites excluding steroid dienone is 2. The first-order chi connectivity index (χ1) is 28.8.